The van der Waals surface area contributed by atoms with E-state index in [-0.39, 0.29) is 35.9 Å². The van der Waals surface area contributed by atoms with Gasteiger partial charge in [0.1, 0.15) is 17.0 Å². The zero-order chi connectivity index (χ0) is 21.6. The third-order valence-electron chi connectivity index (χ3n) is 5.31. The summed E-state index contributed by atoms with van der Waals surface area (Å²) < 4.78 is 35.1. The highest BCUT2D eigenvalue weighted by Crippen LogP contribution is 2.43. The minimum atomic E-state index is -3.59. The number of morpholine rings is 1. The van der Waals surface area contributed by atoms with Crippen molar-refractivity contribution in [3.63, 3.8) is 0 Å². The lowest BCUT2D eigenvalue weighted by Gasteiger charge is -2.45. The molecule has 10 nitrogen and oxygen atoms in total. The van der Waals surface area contributed by atoms with Crippen LogP contribution in [0.3, 0.4) is 0 Å². The van der Waals surface area contributed by atoms with Gasteiger partial charge < -0.3 is 24.8 Å². The number of anilines is 1. The lowest BCUT2D eigenvalue weighted by atomic mass is 10.0. The van der Waals surface area contributed by atoms with Crippen LogP contribution in [-0.2, 0) is 19.3 Å². The third-order valence-corrected chi connectivity index (χ3v) is 7.36. The van der Waals surface area contributed by atoms with E-state index >= 15 is 0 Å². The molecule has 3 heterocycles. The van der Waals surface area contributed by atoms with Gasteiger partial charge in [0.25, 0.3) is 5.91 Å². The fourth-order valence-electron chi connectivity index (χ4n) is 3.34. The maximum Gasteiger partial charge on any atom is 0.289 e. The SMILES string of the molecule is CC(O)CNC(=O)c1nc2c(c(C(C)(C)S(C)(=O)=O)n1)OC[C@@H]1COCC(C)N21. The quantitative estimate of drug-likeness (QED) is 0.657. The van der Waals surface area contributed by atoms with Gasteiger partial charge in [-0.3, -0.25) is 4.79 Å². The summed E-state index contributed by atoms with van der Waals surface area (Å²) in [7, 11) is -3.59. The van der Waals surface area contributed by atoms with Gasteiger partial charge in [0, 0.05) is 12.8 Å². The van der Waals surface area contributed by atoms with Gasteiger partial charge in [-0.15, -0.1) is 0 Å². The standard InChI is InChI=1S/C18H28N4O6S/c1-10-7-27-8-12-9-28-13-14(18(3,4)29(5,25)26)20-15(21-16(13)22(10)12)17(24)19-6-11(2)23/h10-12,23H,6-9H2,1-5H3,(H,19,24)/t10?,11?,12-/m0/s1. The molecule has 0 spiro atoms. The van der Waals surface area contributed by atoms with Crippen molar-refractivity contribution in [1.82, 2.24) is 15.3 Å². The number of hydrogen-bond acceptors (Lipinski definition) is 9. The van der Waals surface area contributed by atoms with Gasteiger partial charge in [0.05, 0.1) is 31.4 Å². The lowest BCUT2D eigenvalue weighted by molar-refractivity contribution is 0.0481. The minimum Gasteiger partial charge on any atom is -0.486 e. The van der Waals surface area contributed by atoms with Crippen LogP contribution in [0.5, 0.6) is 5.75 Å². The predicted molar refractivity (Wildman–Crippen MR) is 106 cm³/mol. The second kappa shape index (κ2) is 7.69. The van der Waals surface area contributed by atoms with Crippen LogP contribution in [0.4, 0.5) is 5.82 Å². The first kappa shape index (κ1) is 21.7. The molecule has 0 aliphatic carbocycles. The molecule has 3 atom stereocenters. The highest BCUT2D eigenvalue weighted by molar-refractivity contribution is 7.91. The van der Waals surface area contributed by atoms with Crippen LogP contribution in [0.15, 0.2) is 0 Å². The van der Waals surface area contributed by atoms with E-state index in [0.29, 0.717) is 25.6 Å². The zero-order valence-electron chi connectivity index (χ0n) is 17.3. The molecule has 2 unspecified atom stereocenters. The first-order valence-corrected chi connectivity index (χ1v) is 11.4. The Balaban J connectivity index is 2.17. The van der Waals surface area contributed by atoms with Crippen molar-refractivity contribution in [2.24, 2.45) is 0 Å². The molecule has 1 amide bonds. The number of carbonyl (C=O) groups excluding carboxylic acids is 1. The third kappa shape index (κ3) is 4.03. The van der Waals surface area contributed by atoms with Gasteiger partial charge in [-0.1, -0.05) is 0 Å². The minimum absolute atomic E-state index is 0.0250. The summed E-state index contributed by atoms with van der Waals surface area (Å²) in [6.45, 7) is 7.83. The number of rotatable bonds is 5. The van der Waals surface area contributed by atoms with Crippen LogP contribution in [0.1, 0.15) is 44.0 Å². The van der Waals surface area contributed by atoms with Gasteiger partial charge in [-0.25, -0.2) is 18.4 Å². The van der Waals surface area contributed by atoms with Crippen LogP contribution in [0.25, 0.3) is 0 Å². The number of carbonyl (C=O) groups is 1. The number of aliphatic hydroxyl groups is 1. The number of hydrogen-bond donors (Lipinski definition) is 2. The van der Waals surface area contributed by atoms with Gasteiger partial charge >= 0.3 is 0 Å². The maximum absolute atomic E-state index is 12.6. The van der Waals surface area contributed by atoms with Crippen molar-refractivity contribution < 1.29 is 27.8 Å². The maximum atomic E-state index is 12.6. The molecule has 1 fully saturated rings. The normalized spacial score (nSPS) is 22.9. The summed E-state index contributed by atoms with van der Waals surface area (Å²) >= 11 is 0. The summed E-state index contributed by atoms with van der Waals surface area (Å²) in [5.74, 6) is -0.0974. The van der Waals surface area contributed by atoms with E-state index < -0.39 is 26.6 Å². The number of nitrogens with zero attached hydrogens (tertiary/aromatic N) is 3. The van der Waals surface area contributed by atoms with Crippen molar-refractivity contribution in [2.75, 3.05) is 37.5 Å². The Morgan fingerprint density at radius 2 is 2.03 bits per heavy atom. The molecular formula is C18H28N4O6S. The number of ether oxygens (including phenoxy) is 2. The Labute approximate surface area is 170 Å². The number of fused-ring (bicyclic) bond motifs is 3. The summed E-state index contributed by atoms with van der Waals surface area (Å²) in [4.78, 5) is 23.4. The van der Waals surface area contributed by atoms with E-state index in [1.165, 1.54) is 13.8 Å². The van der Waals surface area contributed by atoms with Gasteiger partial charge in [0.2, 0.25) is 5.82 Å². The number of amides is 1. The monoisotopic (exact) mass is 428 g/mol. The van der Waals surface area contributed by atoms with Crippen LogP contribution in [0.2, 0.25) is 0 Å². The molecule has 3 rings (SSSR count). The van der Waals surface area contributed by atoms with Gasteiger partial charge in [0.15, 0.2) is 21.4 Å². The Kier molecular flexibility index (Phi) is 5.76. The average Bonchev–Trinajstić information content (AvgIpc) is 2.63. The van der Waals surface area contributed by atoms with Crippen molar-refractivity contribution in [2.45, 2.75) is 50.6 Å². The Morgan fingerprint density at radius 3 is 2.66 bits per heavy atom. The molecule has 162 valence electrons. The number of aromatic nitrogens is 2. The van der Waals surface area contributed by atoms with Crippen molar-refractivity contribution in [3.05, 3.63) is 11.5 Å². The largest absolute Gasteiger partial charge is 0.486 e. The van der Waals surface area contributed by atoms with Crippen molar-refractivity contribution >= 4 is 21.6 Å². The summed E-state index contributed by atoms with van der Waals surface area (Å²) in [5.41, 5.74) is 0.143. The summed E-state index contributed by atoms with van der Waals surface area (Å²) in [5, 5.41) is 12.0. The summed E-state index contributed by atoms with van der Waals surface area (Å²) in [6, 6.07) is -0.127. The van der Waals surface area contributed by atoms with Crippen LogP contribution < -0.4 is 15.0 Å². The molecule has 2 N–H and O–H groups in total. The van der Waals surface area contributed by atoms with Crippen molar-refractivity contribution in [1.29, 1.82) is 0 Å². The van der Waals surface area contributed by atoms with E-state index in [9.17, 15) is 18.3 Å². The molecule has 29 heavy (non-hydrogen) atoms. The van der Waals surface area contributed by atoms with E-state index in [0.717, 1.165) is 6.26 Å². The average molecular weight is 429 g/mol. The highest BCUT2D eigenvalue weighted by atomic mass is 32.2. The molecule has 11 heteroatoms. The molecule has 0 saturated carbocycles. The number of aliphatic hydroxyl groups excluding tert-OH is 1. The predicted octanol–water partition coefficient (Wildman–Crippen LogP) is -0.147. The molecular weight excluding hydrogens is 400 g/mol. The van der Waals surface area contributed by atoms with E-state index in [1.54, 1.807) is 6.92 Å². The van der Waals surface area contributed by atoms with Crippen LogP contribution in [-0.4, -0.2) is 80.2 Å². The smallest absolute Gasteiger partial charge is 0.289 e. The first-order chi connectivity index (χ1) is 13.4. The Bertz CT molecular complexity index is 902. The molecule has 0 bridgehead atoms. The molecule has 2 aliphatic rings. The van der Waals surface area contributed by atoms with Crippen molar-refractivity contribution in [3.8, 4) is 5.75 Å². The molecule has 2 aliphatic heterocycles. The molecule has 0 radical (unpaired) electrons. The Morgan fingerprint density at radius 1 is 1.34 bits per heavy atom. The van der Waals surface area contributed by atoms with Crippen LogP contribution >= 0.6 is 0 Å². The molecule has 1 aromatic rings. The molecule has 1 aromatic heterocycles. The van der Waals surface area contributed by atoms with Gasteiger partial charge in [-0.2, -0.15) is 0 Å². The van der Waals surface area contributed by atoms with E-state index in [1.807, 2.05) is 11.8 Å². The first-order valence-electron chi connectivity index (χ1n) is 9.50. The number of sulfone groups is 1. The second-order valence-corrected chi connectivity index (χ2v) is 10.7. The molecule has 1 saturated heterocycles. The zero-order valence-corrected chi connectivity index (χ0v) is 18.1. The fraction of sp³-hybridized carbons (Fsp3) is 0.722. The highest BCUT2D eigenvalue weighted by Gasteiger charge is 2.44. The molecule has 0 aromatic carbocycles. The Hall–Kier alpha value is -1.98. The summed E-state index contributed by atoms with van der Waals surface area (Å²) in [6.07, 6.45) is 0.382. The topological polar surface area (TPSA) is 131 Å². The van der Waals surface area contributed by atoms with E-state index in [2.05, 4.69) is 15.3 Å². The van der Waals surface area contributed by atoms with E-state index in [4.69, 9.17) is 9.47 Å². The van der Waals surface area contributed by atoms with Crippen LogP contribution in [0, 0.1) is 0 Å². The fourth-order valence-corrected chi connectivity index (χ4v) is 3.83. The number of nitrogens with one attached hydrogen (secondary N) is 1. The lowest BCUT2D eigenvalue weighted by Crippen LogP contribution is -2.56. The van der Waals surface area contributed by atoms with Gasteiger partial charge in [-0.05, 0) is 27.7 Å². The second-order valence-electron chi connectivity index (χ2n) is 8.15.